The van der Waals surface area contributed by atoms with Gasteiger partial charge in [0.25, 0.3) is 11.5 Å². The van der Waals surface area contributed by atoms with Crippen LogP contribution in [-0.4, -0.2) is 49.0 Å². The highest BCUT2D eigenvalue weighted by molar-refractivity contribution is 7.88. The smallest absolute Gasteiger partial charge is 0.261 e. The molecule has 134 valence electrons. The topological polar surface area (TPSA) is 99.3 Å². The summed E-state index contributed by atoms with van der Waals surface area (Å²) in [6.45, 7) is 0.692. The van der Waals surface area contributed by atoms with Crippen LogP contribution in [0.25, 0.3) is 10.6 Å². The minimum absolute atomic E-state index is 0.0248. The first-order chi connectivity index (χ1) is 11.8. The minimum Gasteiger partial charge on any atom is -0.348 e. The number of pyridine rings is 1. The van der Waals surface area contributed by atoms with Crippen LogP contribution >= 0.6 is 11.3 Å². The number of aromatic nitrogens is 1. The Balaban J connectivity index is 1.72. The van der Waals surface area contributed by atoms with E-state index >= 15 is 0 Å². The van der Waals surface area contributed by atoms with Gasteiger partial charge in [-0.3, -0.25) is 9.59 Å². The Morgan fingerprint density at radius 1 is 1.36 bits per heavy atom. The van der Waals surface area contributed by atoms with Crippen LogP contribution in [0.1, 0.15) is 23.2 Å². The summed E-state index contributed by atoms with van der Waals surface area (Å²) < 4.78 is 24.7. The third kappa shape index (κ3) is 4.17. The van der Waals surface area contributed by atoms with E-state index in [-0.39, 0.29) is 18.2 Å². The van der Waals surface area contributed by atoms with Crippen LogP contribution in [0.3, 0.4) is 0 Å². The monoisotopic (exact) mass is 381 g/mol. The average molecular weight is 381 g/mol. The highest BCUT2D eigenvalue weighted by Gasteiger charge is 2.27. The molecular weight excluding hydrogens is 362 g/mol. The zero-order valence-electron chi connectivity index (χ0n) is 13.7. The summed E-state index contributed by atoms with van der Waals surface area (Å²) in [6.07, 6.45) is 2.51. The van der Waals surface area contributed by atoms with Gasteiger partial charge in [-0.25, -0.2) is 12.7 Å². The second-order valence-corrected chi connectivity index (χ2v) is 8.96. The molecule has 2 aromatic rings. The molecule has 2 N–H and O–H groups in total. The van der Waals surface area contributed by atoms with Gasteiger partial charge in [0.1, 0.15) is 5.56 Å². The molecule has 1 saturated heterocycles. The maximum atomic E-state index is 12.4. The average Bonchev–Trinajstić information content (AvgIpc) is 3.08. The number of aromatic amines is 1. The predicted molar refractivity (Wildman–Crippen MR) is 97.3 cm³/mol. The van der Waals surface area contributed by atoms with E-state index in [1.54, 1.807) is 6.07 Å². The molecule has 7 nitrogen and oxygen atoms in total. The number of H-pyrrole nitrogens is 1. The van der Waals surface area contributed by atoms with Crippen LogP contribution in [0, 0.1) is 0 Å². The number of carbonyl (C=O) groups is 1. The molecule has 1 aliphatic rings. The van der Waals surface area contributed by atoms with Gasteiger partial charge in [-0.05, 0) is 36.4 Å². The van der Waals surface area contributed by atoms with E-state index in [9.17, 15) is 18.0 Å². The highest BCUT2D eigenvalue weighted by atomic mass is 32.2. The molecule has 1 amide bonds. The number of sulfonamides is 1. The normalized spacial score (nSPS) is 18.8. The van der Waals surface area contributed by atoms with Gasteiger partial charge >= 0.3 is 0 Å². The van der Waals surface area contributed by atoms with Crippen molar-refractivity contribution in [2.24, 2.45) is 0 Å². The van der Waals surface area contributed by atoms with Crippen LogP contribution in [0.4, 0.5) is 0 Å². The largest absolute Gasteiger partial charge is 0.348 e. The van der Waals surface area contributed by atoms with E-state index in [4.69, 9.17) is 0 Å². The summed E-state index contributed by atoms with van der Waals surface area (Å²) in [4.78, 5) is 28.2. The fraction of sp³-hybridized carbons (Fsp3) is 0.375. The lowest BCUT2D eigenvalue weighted by molar-refractivity contribution is 0.0920. The summed E-state index contributed by atoms with van der Waals surface area (Å²) in [5.74, 6) is -0.487. The number of hydrogen-bond acceptors (Lipinski definition) is 5. The molecule has 0 aliphatic carbocycles. The van der Waals surface area contributed by atoms with Crippen molar-refractivity contribution in [2.45, 2.75) is 18.9 Å². The number of nitrogens with zero attached hydrogens (tertiary/aromatic N) is 1. The Hall–Kier alpha value is -1.97. The van der Waals surface area contributed by atoms with Gasteiger partial charge in [-0.1, -0.05) is 6.07 Å². The minimum atomic E-state index is -3.28. The summed E-state index contributed by atoms with van der Waals surface area (Å²) in [6, 6.07) is 6.67. The fourth-order valence-corrected chi connectivity index (χ4v) is 4.47. The summed E-state index contributed by atoms with van der Waals surface area (Å²) in [7, 11) is -3.28. The van der Waals surface area contributed by atoms with E-state index in [0.717, 1.165) is 11.1 Å². The van der Waals surface area contributed by atoms with Crippen LogP contribution in [-0.2, 0) is 10.0 Å². The van der Waals surface area contributed by atoms with Gasteiger partial charge < -0.3 is 10.3 Å². The lowest BCUT2D eigenvalue weighted by Gasteiger charge is -2.31. The molecule has 2 aromatic heterocycles. The molecule has 0 radical (unpaired) electrons. The van der Waals surface area contributed by atoms with Crippen molar-refractivity contribution >= 4 is 27.3 Å². The molecule has 1 atom stereocenters. The molecule has 0 spiro atoms. The first kappa shape index (κ1) is 17.8. The third-order valence-electron chi connectivity index (χ3n) is 4.13. The van der Waals surface area contributed by atoms with Crippen molar-refractivity contribution in [3.8, 4) is 10.6 Å². The second-order valence-electron chi connectivity index (χ2n) is 6.03. The number of amides is 1. The molecule has 0 saturated carbocycles. The molecule has 1 fully saturated rings. The van der Waals surface area contributed by atoms with Gasteiger partial charge in [0, 0.05) is 19.1 Å². The SMILES string of the molecule is CS(=O)(=O)N1CCCC(NC(=O)c2ccc(-c3cccs3)[nH]c2=O)C1. The van der Waals surface area contributed by atoms with Gasteiger partial charge in [0.15, 0.2) is 0 Å². The van der Waals surface area contributed by atoms with E-state index in [2.05, 4.69) is 10.3 Å². The lowest BCUT2D eigenvalue weighted by Crippen LogP contribution is -2.49. The number of rotatable bonds is 4. The molecule has 3 rings (SSSR count). The molecule has 1 aliphatic heterocycles. The van der Waals surface area contributed by atoms with E-state index in [1.165, 1.54) is 21.7 Å². The van der Waals surface area contributed by atoms with Crippen LogP contribution < -0.4 is 10.9 Å². The quantitative estimate of drug-likeness (QED) is 0.833. The van der Waals surface area contributed by atoms with E-state index in [1.807, 2.05) is 17.5 Å². The van der Waals surface area contributed by atoms with Crippen molar-refractivity contribution < 1.29 is 13.2 Å². The zero-order valence-corrected chi connectivity index (χ0v) is 15.3. The summed E-state index contributed by atoms with van der Waals surface area (Å²) in [5.41, 5.74) is 0.230. The van der Waals surface area contributed by atoms with E-state index in [0.29, 0.717) is 25.1 Å². The number of thiophene rings is 1. The Labute approximate surface area is 149 Å². The zero-order chi connectivity index (χ0) is 18.0. The standard InChI is InChI=1S/C16H19N3O4S2/c1-25(22,23)19-8-2-4-11(10-19)17-15(20)12-6-7-13(18-16(12)21)14-5-3-9-24-14/h3,5-7,9,11H,2,4,8,10H2,1H3,(H,17,20)(H,18,21). The molecule has 9 heteroatoms. The highest BCUT2D eigenvalue weighted by Crippen LogP contribution is 2.21. The van der Waals surface area contributed by atoms with Gasteiger partial charge in [-0.15, -0.1) is 11.3 Å². The number of nitrogens with one attached hydrogen (secondary N) is 2. The Bertz CT molecular complexity index is 919. The summed E-state index contributed by atoms with van der Waals surface area (Å²) >= 11 is 1.50. The third-order valence-corrected chi connectivity index (χ3v) is 6.30. The number of piperidine rings is 1. The van der Waals surface area contributed by atoms with Gasteiger partial charge in [0.2, 0.25) is 10.0 Å². The van der Waals surface area contributed by atoms with E-state index < -0.39 is 21.5 Å². The van der Waals surface area contributed by atoms with Crippen molar-refractivity contribution in [3.63, 3.8) is 0 Å². The first-order valence-corrected chi connectivity index (χ1v) is 10.6. The molecule has 0 bridgehead atoms. The fourth-order valence-electron chi connectivity index (χ4n) is 2.85. The first-order valence-electron chi connectivity index (χ1n) is 7.88. The van der Waals surface area contributed by atoms with Gasteiger partial charge in [0.05, 0.1) is 16.8 Å². The van der Waals surface area contributed by atoms with Crippen molar-refractivity contribution in [3.05, 3.63) is 45.6 Å². The van der Waals surface area contributed by atoms with Crippen molar-refractivity contribution in [1.82, 2.24) is 14.6 Å². The van der Waals surface area contributed by atoms with Crippen LogP contribution in [0.15, 0.2) is 34.4 Å². The number of carbonyl (C=O) groups excluding carboxylic acids is 1. The van der Waals surface area contributed by atoms with Crippen molar-refractivity contribution in [2.75, 3.05) is 19.3 Å². The maximum Gasteiger partial charge on any atom is 0.261 e. The maximum absolute atomic E-state index is 12.4. The Kier molecular flexibility index (Phi) is 5.07. The van der Waals surface area contributed by atoms with Crippen LogP contribution in [0.2, 0.25) is 0 Å². The lowest BCUT2D eigenvalue weighted by atomic mass is 10.1. The number of hydrogen-bond donors (Lipinski definition) is 2. The molecule has 25 heavy (non-hydrogen) atoms. The molecular formula is C16H19N3O4S2. The molecule has 3 heterocycles. The van der Waals surface area contributed by atoms with Gasteiger partial charge in [-0.2, -0.15) is 0 Å². The molecule has 0 aromatic carbocycles. The predicted octanol–water partition coefficient (Wildman–Crippen LogP) is 1.26. The second kappa shape index (κ2) is 7.11. The molecule has 1 unspecified atom stereocenters. The summed E-state index contributed by atoms with van der Waals surface area (Å²) in [5, 5.41) is 4.68. The Morgan fingerprint density at radius 3 is 2.80 bits per heavy atom. The van der Waals surface area contributed by atoms with Crippen LogP contribution in [0.5, 0.6) is 0 Å². The Morgan fingerprint density at radius 2 is 2.16 bits per heavy atom. The van der Waals surface area contributed by atoms with Crippen molar-refractivity contribution in [1.29, 1.82) is 0 Å².